The second-order valence-electron chi connectivity index (χ2n) is 4.25. The number of aldehydes is 1. The number of hydrogen-bond acceptors (Lipinski definition) is 7. The van der Waals surface area contributed by atoms with Gasteiger partial charge in [-0.2, -0.15) is 5.26 Å². The molecule has 0 saturated carbocycles. The van der Waals surface area contributed by atoms with Gasteiger partial charge in [-0.05, 0) is 19.1 Å². The monoisotopic (exact) mass is 285 g/mol. The minimum Gasteiger partial charge on any atom is -0.505 e. The topological polar surface area (TPSA) is 119 Å². The van der Waals surface area contributed by atoms with Crippen LogP contribution in [-0.2, 0) is 0 Å². The summed E-state index contributed by atoms with van der Waals surface area (Å²) in [5, 5.41) is 24.1. The van der Waals surface area contributed by atoms with Crippen molar-refractivity contribution in [3.8, 4) is 11.8 Å². The van der Waals surface area contributed by atoms with E-state index in [1.807, 2.05) is 6.07 Å². The Hall–Kier alpha value is -3.14. The quantitative estimate of drug-likeness (QED) is 0.423. The minimum atomic E-state index is -0.722. The number of hydrogen-bond donors (Lipinski definition) is 3. The van der Waals surface area contributed by atoms with Crippen molar-refractivity contribution in [2.24, 2.45) is 0 Å². The van der Waals surface area contributed by atoms with Gasteiger partial charge in [-0.25, -0.2) is 0 Å². The van der Waals surface area contributed by atoms with Crippen LogP contribution in [0, 0.1) is 11.3 Å². The molecule has 0 bridgehead atoms. The molecule has 0 aliphatic rings. The summed E-state index contributed by atoms with van der Waals surface area (Å²) >= 11 is 0. The van der Waals surface area contributed by atoms with Crippen LogP contribution in [0.3, 0.4) is 0 Å². The van der Waals surface area contributed by atoms with Gasteiger partial charge in [-0.3, -0.25) is 14.4 Å². The Morgan fingerprint density at radius 2 is 1.95 bits per heavy atom. The summed E-state index contributed by atoms with van der Waals surface area (Å²) in [5.74, 6) is -0.389. The van der Waals surface area contributed by atoms with Gasteiger partial charge in [-0.1, -0.05) is 0 Å². The molecule has 0 radical (unpaired) electrons. The van der Waals surface area contributed by atoms with E-state index in [-0.39, 0.29) is 33.9 Å². The van der Waals surface area contributed by atoms with E-state index in [1.54, 1.807) is 6.92 Å². The van der Waals surface area contributed by atoms with Gasteiger partial charge in [-0.15, -0.1) is 0 Å². The van der Waals surface area contributed by atoms with E-state index in [0.717, 1.165) is 0 Å². The average molecular weight is 285 g/mol. The predicted molar refractivity (Wildman–Crippen MR) is 77.0 cm³/mol. The van der Waals surface area contributed by atoms with E-state index in [2.05, 4.69) is 10.6 Å². The summed E-state index contributed by atoms with van der Waals surface area (Å²) in [6.07, 6.45) is 0.398. The van der Waals surface area contributed by atoms with Gasteiger partial charge in [0.1, 0.15) is 17.1 Å². The van der Waals surface area contributed by atoms with Gasteiger partial charge in [0.15, 0.2) is 6.29 Å². The van der Waals surface area contributed by atoms with Crippen molar-refractivity contribution >= 4 is 23.3 Å². The maximum atomic E-state index is 11.5. The number of nitriles is 1. The molecule has 3 N–H and O–H groups in total. The first kappa shape index (κ1) is 14.3. The van der Waals surface area contributed by atoms with Crippen molar-refractivity contribution < 1.29 is 9.90 Å². The molecule has 0 aliphatic carbocycles. The van der Waals surface area contributed by atoms with Crippen LogP contribution in [0.1, 0.15) is 22.8 Å². The highest BCUT2D eigenvalue weighted by Crippen LogP contribution is 2.32. The molecule has 0 aromatic heterocycles. The van der Waals surface area contributed by atoms with Crippen molar-refractivity contribution in [2.45, 2.75) is 6.92 Å². The number of carbonyl (C=O) groups is 1. The molecule has 2 aromatic carbocycles. The molecule has 2 rings (SSSR count). The zero-order valence-corrected chi connectivity index (χ0v) is 11.1. The summed E-state index contributed by atoms with van der Waals surface area (Å²) in [5.41, 5.74) is -1.17. The number of benzene rings is 1. The maximum Gasteiger partial charge on any atom is 0.253 e. The first-order valence-corrected chi connectivity index (χ1v) is 6.10. The van der Waals surface area contributed by atoms with Crippen LogP contribution < -0.4 is 21.5 Å². The van der Waals surface area contributed by atoms with Crippen LogP contribution in [0.15, 0.2) is 21.7 Å². The lowest BCUT2D eigenvalue weighted by Gasteiger charge is -2.15. The lowest BCUT2D eigenvalue weighted by atomic mass is 10.1. The number of nitrogens with zero attached hydrogens (tertiary/aromatic N) is 1. The molecular weight excluding hydrogens is 274 g/mol. The average Bonchev–Trinajstić information content (AvgIpc) is 2.51. The fraction of sp³-hybridized carbons (Fsp3) is 0.143. The van der Waals surface area contributed by atoms with E-state index in [9.17, 15) is 19.5 Å². The van der Waals surface area contributed by atoms with E-state index < -0.39 is 10.9 Å². The van der Waals surface area contributed by atoms with Crippen molar-refractivity contribution in [2.75, 3.05) is 17.2 Å². The Morgan fingerprint density at radius 1 is 1.29 bits per heavy atom. The molecule has 0 saturated heterocycles. The Labute approximate surface area is 119 Å². The lowest BCUT2D eigenvalue weighted by molar-refractivity contribution is 0.112. The van der Waals surface area contributed by atoms with E-state index in [0.29, 0.717) is 12.8 Å². The highest BCUT2D eigenvalue weighted by Gasteiger charge is 2.22. The predicted octanol–water partition coefficient (Wildman–Crippen LogP) is 0.848. The summed E-state index contributed by atoms with van der Waals surface area (Å²) in [7, 11) is 0. The lowest BCUT2D eigenvalue weighted by Crippen LogP contribution is -2.36. The molecule has 0 unspecified atom stereocenters. The maximum absolute atomic E-state index is 11.5. The van der Waals surface area contributed by atoms with Gasteiger partial charge >= 0.3 is 0 Å². The number of carbonyl (C=O) groups excluding carboxylic acids is 1. The summed E-state index contributed by atoms with van der Waals surface area (Å²) in [6, 6.07) is 4.35. The van der Waals surface area contributed by atoms with Crippen LogP contribution >= 0.6 is 0 Å². The largest absolute Gasteiger partial charge is 0.505 e. The van der Waals surface area contributed by atoms with Crippen LogP contribution in [0.2, 0.25) is 0 Å². The normalized spacial score (nSPS) is 10.1. The summed E-state index contributed by atoms with van der Waals surface area (Å²) in [4.78, 5) is 33.8. The van der Waals surface area contributed by atoms with E-state index >= 15 is 0 Å². The Kier molecular flexibility index (Phi) is 3.71. The van der Waals surface area contributed by atoms with Gasteiger partial charge in [0.05, 0.1) is 22.9 Å². The van der Waals surface area contributed by atoms with Crippen LogP contribution in [0.25, 0.3) is 0 Å². The first-order valence-electron chi connectivity index (χ1n) is 6.10. The molecule has 2 aromatic rings. The molecule has 0 spiro atoms. The molecule has 7 heteroatoms. The number of phenolic OH excluding ortho intramolecular Hbond substituents is 1. The molecule has 0 fully saturated rings. The fourth-order valence-electron chi connectivity index (χ4n) is 1.90. The third kappa shape index (κ3) is 2.34. The Morgan fingerprint density at radius 3 is 2.52 bits per heavy atom. The van der Waals surface area contributed by atoms with Crippen molar-refractivity contribution in [3.05, 3.63) is 43.7 Å². The first-order chi connectivity index (χ1) is 10.0. The molecule has 0 amide bonds. The summed E-state index contributed by atoms with van der Waals surface area (Å²) < 4.78 is 0. The minimum absolute atomic E-state index is 0.00379. The summed E-state index contributed by atoms with van der Waals surface area (Å²) in [6.45, 7) is 2.21. The van der Waals surface area contributed by atoms with Gasteiger partial charge in [0, 0.05) is 6.54 Å². The number of nitrogens with one attached hydrogen (secondary N) is 2. The van der Waals surface area contributed by atoms with Crippen LogP contribution in [0.5, 0.6) is 5.75 Å². The molecule has 21 heavy (non-hydrogen) atoms. The van der Waals surface area contributed by atoms with Crippen molar-refractivity contribution in [3.63, 3.8) is 0 Å². The standard InChI is InChI=1S/C14H11N3O4/c1-2-16-10-11(14(21)13(10)20)17-9-4-7(5-15)3-8(6-18)12(9)19/h3-4,6,16-17,19H,2H2,1H3. The van der Waals surface area contributed by atoms with Gasteiger partial charge < -0.3 is 15.7 Å². The zero-order valence-electron chi connectivity index (χ0n) is 11.1. The highest BCUT2D eigenvalue weighted by molar-refractivity contribution is 5.88. The fourth-order valence-corrected chi connectivity index (χ4v) is 1.90. The van der Waals surface area contributed by atoms with Crippen molar-refractivity contribution in [1.82, 2.24) is 0 Å². The van der Waals surface area contributed by atoms with E-state index in [4.69, 9.17) is 5.26 Å². The van der Waals surface area contributed by atoms with Gasteiger partial charge in [0.25, 0.3) is 10.9 Å². The zero-order chi connectivity index (χ0) is 15.6. The van der Waals surface area contributed by atoms with Gasteiger partial charge in [0.2, 0.25) is 0 Å². The Balaban J connectivity index is 2.48. The molecular formula is C14H11N3O4. The second kappa shape index (κ2) is 5.46. The number of aromatic hydroxyl groups is 1. The van der Waals surface area contributed by atoms with E-state index in [1.165, 1.54) is 12.1 Å². The van der Waals surface area contributed by atoms with Crippen LogP contribution in [0.4, 0.5) is 17.1 Å². The SMILES string of the molecule is CCNc1c(Nc2cc(C#N)cc(C=O)c2O)c(=O)c1=O. The molecule has 7 nitrogen and oxygen atoms in total. The number of anilines is 3. The van der Waals surface area contributed by atoms with Crippen molar-refractivity contribution in [1.29, 1.82) is 5.26 Å². The number of rotatable bonds is 5. The number of phenols is 1. The highest BCUT2D eigenvalue weighted by atomic mass is 16.3. The van der Waals surface area contributed by atoms with Crippen LogP contribution in [-0.4, -0.2) is 17.9 Å². The molecule has 106 valence electrons. The Bertz CT molecular complexity index is 826. The molecule has 0 aliphatic heterocycles. The third-order valence-corrected chi connectivity index (χ3v) is 2.92. The molecule has 0 atom stereocenters. The third-order valence-electron chi connectivity index (χ3n) is 2.92. The second-order valence-corrected chi connectivity index (χ2v) is 4.25. The smallest absolute Gasteiger partial charge is 0.253 e. The molecule has 0 heterocycles.